The van der Waals surface area contributed by atoms with E-state index in [-0.39, 0.29) is 5.41 Å². The molecule has 15 heavy (non-hydrogen) atoms. The number of anilines is 1. The number of nitrogen functional groups attached to an aromatic ring is 1. The number of aromatic nitrogens is 1. The van der Waals surface area contributed by atoms with Crippen LogP contribution in [-0.2, 0) is 5.41 Å². The van der Waals surface area contributed by atoms with E-state index < -0.39 is 0 Å². The lowest BCUT2D eigenvalue weighted by Gasteiger charge is -2.11. The zero-order valence-corrected chi connectivity index (χ0v) is 9.72. The van der Waals surface area contributed by atoms with Crippen LogP contribution in [0.15, 0.2) is 16.5 Å². The molecular formula is C11H13ClN2O. The predicted molar refractivity (Wildman–Crippen MR) is 62.1 cm³/mol. The van der Waals surface area contributed by atoms with Crippen molar-refractivity contribution in [3.05, 3.63) is 23.0 Å². The number of rotatable bonds is 0. The Morgan fingerprint density at radius 2 is 2.00 bits per heavy atom. The highest BCUT2D eigenvalue weighted by atomic mass is 35.5. The Morgan fingerprint density at radius 1 is 1.33 bits per heavy atom. The summed E-state index contributed by atoms with van der Waals surface area (Å²) in [6.45, 7) is 6.13. The molecule has 1 aromatic heterocycles. The maximum atomic E-state index is 5.90. The van der Waals surface area contributed by atoms with Crippen LogP contribution in [0.4, 0.5) is 5.69 Å². The van der Waals surface area contributed by atoms with Gasteiger partial charge >= 0.3 is 0 Å². The third-order valence-electron chi connectivity index (χ3n) is 2.15. The van der Waals surface area contributed by atoms with Crippen LogP contribution in [0.2, 0.25) is 5.02 Å². The van der Waals surface area contributed by atoms with Gasteiger partial charge in [-0.2, -0.15) is 0 Å². The normalized spacial score (nSPS) is 12.3. The molecule has 1 heterocycles. The minimum atomic E-state index is -0.111. The summed E-state index contributed by atoms with van der Waals surface area (Å²) in [5, 5.41) is 0.510. The summed E-state index contributed by atoms with van der Waals surface area (Å²) < 4.78 is 5.62. The van der Waals surface area contributed by atoms with Crippen molar-refractivity contribution in [2.45, 2.75) is 26.2 Å². The molecule has 0 fully saturated rings. The fraction of sp³-hybridized carbons (Fsp3) is 0.364. The second-order valence-electron chi connectivity index (χ2n) is 4.61. The van der Waals surface area contributed by atoms with E-state index in [2.05, 4.69) is 4.98 Å². The molecule has 80 valence electrons. The summed E-state index contributed by atoms with van der Waals surface area (Å²) in [6.07, 6.45) is 0. The van der Waals surface area contributed by atoms with Crippen LogP contribution in [0.25, 0.3) is 11.1 Å². The summed E-state index contributed by atoms with van der Waals surface area (Å²) in [5.41, 5.74) is 7.52. The lowest BCUT2D eigenvalue weighted by atomic mass is 9.97. The first-order valence-electron chi connectivity index (χ1n) is 4.74. The van der Waals surface area contributed by atoms with E-state index in [0.717, 1.165) is 5.52 Å². The van der Waals surface area contributed by atoms with E-state index in [1.807, 2.05) is 20.8 Å². The smallest absolute Gasteiger partial charge is 0.200 e. The lowest BCUT2D eigenvalue weighted by molar-refractivity contribution is 0.411. The molecule has 1 aromatic carbocycles. The maximum absolute atomic E-state index is 5.90. The average Bonchev–Trinajstić information content (AvgIpc) is 2.47. The standard InChI is InChI=1S/C11H13ClN2O/c1-11(2,3)10-14-8-4-6(12)7(13)5-9(8)15-10/h4-5H,13H2,1-3H3. The van der Waals surface area contributed by atoms with Crippen molar-refractivity contribution in [3.63, 3.8) is 0 Å². The predicted octanol–water partition coefficient (Wildman–Crippen LogP) is 3.36. The van der Waals surface area contributed by atoms with E-state index in [9.17, 15) is 0 Å². The minimum Gasteiger partial charge on any atom is -0.440 e. The Hall–Kier alpha value is -1.22. The fourth-order valence-electron chi connectivity index (χ4n) is 1.28. The fourth-order valence-corrected chi connectivity index (χ4v) is 1.44. The van der Waals surface area contributed by atoms with Gasteiger partial charge in [0.25, 0.3) is 0 Å². The molecule has 2 aromatic rings. The lowest BCUT2D eigenvalue weighted by Crippen LogP contribution is -2.10. The van der Waals surface area contributed by atoms with Gasteiger partial charge in [0.1, 0.15) is 5.52 Å². The Bertz CT molecular complexity index is 472. The highest BCUT2D eigenvalue weighted by molar-refractivity contribution is 6.33. The van der Waals surface area contributed by atoms with Crippen LogP contribution in [0, 0.1) is 0 Å². The molecule has 0 spiro atoms. The summed E-state index contributed by atoms with van der Waals surface area (Å²) in [4.78, 5) is 4.38. The van der Waals surface area contributed by atoms with Crippen LogP contribution in [0.5, 0.6) is 0 Å². The summed E-state index contributed by atoms with van der Waals surface area (Å²) in [6, 6.07) is 3.44. The van der Waals surface area contributed by atoms with Gasteiger partial charge < -0.3 is 10.2 Å². The SMILES string of the molecule is CC(C)(C)c1nc2cc(Cl)c(N)cc2o1. The van der Waals surface area contributed by atoms with Crippen LogP contribution in [0.3, 0.4) is 0 Å². The molecule has 0 aliphatic carbocycles. The molecule has 0 bridgehead atoms. The third-order valence-corrected chi connectivity index (χ3v) is 2.48. The van der Waals surface area contributed by atoms with E-state index in [1.165, 1.54) is 0 Å². The van der Waals surface area contributed by atoms with Gasteiger partial charge in [0.2, 0.25) is 5.89 Å². The summed E-state index contributed by atoms with van der Waals surface area (Å²) in [7, 11) is 0. The Labute approximate surface area is 93.2 Å². The zero-order valence-electron chi connectivity index (χ0n) is 8.97. The molecule has 0 aliphatic heterocycles. The second kappa shape index (κ2) is 3.14. The van der Waals surface area contributed by atoms with E-state index in [0.29, 0.717) is 22.2 Å². The van der Waals surface area contributed by atoms with Crippen molar-refractivity contribution >= 4 is 28.4 Å². The van der Waals surface area contributed by atoms with Crippen molar-refractivity contribution in [2.24, 2.45) is 0 Å². The highest BCUT2D eigenvalue weighted by Gasteiger charge is 2.21. The van der Waals surface area contributed by atoms with Crippen molar-refractivity contribution < 1.29 is 4.42 Å². The molecule has 0 aliphatic rings. The molecule has 3 nitrogen and oxygen atoms in total. The number of benzene rings is 1. The molecule has 4 heteroatoms. The average molecular weight is 225 g/mol. The summed E-state index contributed by atoms with van der Waals surface area (Å²) in [5.74, 6) is 0.694. The first-order valence-corrected chi connectivity index (χ1v) is 5.12. The van der Waals surface area contributed by atoms with Gasteiger partial charge in [0.05, 0.1) is 10.7 Å². The van der Waals surface area contributed by atoms with Crippen LogP contribution in [0.1, 0.15) is 26.7 Å². The number of halogens is 1. The van der Waals surface area contributed by atoms with E-state index in [4.69, 9.17) is 21.8 Å². The molecule has 0 atom stereocenters. The Morgan fingerprint density at radius 3 is 2.60 bits per heavy atom. The molecule has 0 unspecified atom stereocenters. The van der Waals surface area contributed by atoms with Crippen LogP contribution < -0.4 is 5.73 Å². The molecule has 0 saturated carbocycles. The van der Waals surface area contributed by atoms with Gasteiger partial charge in [-0.3, -0.25) is 0 Å². The Kier molecular flexibility index (Phi) is 2.15. The van der Waals surface area contributed by atoms with Gasteiger partial charge in [-0.25, -0.2) is 4.98 Å². The molecule has 0 radical (unpaired) electrons. The minimum absolute atomic E-state index is 0.111. The largest absolute Gasteiger partial charge is 0.440 e. The molecular weight excluding hydrogens is 212 g/mol. The van der Waals surface area contributed by atoms with Crippen molar-refractivity contribution in [3.8, 4) is 0 Å². The number of nitrogens with zero attached hydrogens (tertiary/aromatic N) is 1. The third kappa shape index (κ3) is 1.79. The first kappa shape index (κ1) is 10.3. The van der Waals surface area contributed by atoms with Gasteiger partial charge in [-0.05, 0) is 6.07 Å². The van der Waals surface area contributed by atoms with Crippen LogP contribution in [-0.4, -0.2) is 4.98 Å². The monoisotopic (exact) mass is 224 g/mol. The van der Waals surface area contributed by atoms with E-state index in [1.54, 1.807) is 12.1 Å². The van der Waals surface area contributed by atoms with Crippen molar-refractivity contribution in [1.29, 1.82) is 0 Å². The molecule has 0 amide bonds. The number of nitrogens with two attached hydrogens (primary N) is 1. The number of hydrogen-bond acceptors (Lipinski definition) is 3. The topological polar surface area (TPSA) is 52.0 Å². The van der Waals surface area contributed by atoms with Gasteiger partial charge in [-0.1, -0.05) is 32.4 Å². The quantitative estimate of drug-likeness (QED) is 0.698. The maximum Gasteiger partial charge on any atom is 0.200 e. The highest BCUT2D eigenvalue weighted by Crippen LogP contribution is 2.30. The van der Waals surface area contributed by atoms with Crippen molar-refractivity contribution in [1.82, 2.24) is 4.98 Å². The van der Waals surface area contributed by atoms with Gasteiger partial charge in [-0.15, -0.1) is 0 Å². The molecule has 0 saturated heterocycles. The first-order chi connectivity index (χ1) is 6.88. The number of hydrogen-bond donors (Lipinski definition) is 1. The van der Waals surface area contributed by atoms with E-state index >= 15 is 0 Å². The van der Waals surface area contributed by atoms with Gasteiger partial charge in [0, 0.05) is 11.5 Å². The molecule has 2 N–H and O–H groups in total. The molecule has 2 rings (SSSR count). The summed E-state index contributed by atoms with van der Waals surface area (Å²) >= 11 is 5.90. The number of fused-ring (bicyclic) bond motifs is 1. The Balaban J connectivity index is 2.66. The zero-order chi connectivity index (χ0) is 11.2. The van der Waals surface area contributed by atoms with Gasteiger partial charge in [0.15, 0.2) is 5.58 Å². The number of oxazole rings is 1. The van der Waals surface area contributed by atoms with Crippen molar-refractivity contribution in [2.75, 3.05) is 5.73 Å². The second-order valence-corrected chi connectivity index (χ2v) is 5.02. The van der Waals surface area contributed by atoms with Crippen LogP contribution >= 0.6 is 11.6 Å².